The summed E-state index contributed by atoms with van der Waals surface area (Å²) in [5.74, 6) is -1.56. The SMILES string of the molecule is Cn1nc(-c2ccc(F)cc2F)cc1NC(=O)NCC(F)(F)F. The van der Waals surface area contributed by atoms with Crippen LogP contribution in [-0.4, -0.2) is 28.5 Å². The number of anilines is 1. The Morgan fingerprint density at radius 2 is 1.96 bits per heavy atom. The number of amides is 2. The molecule has 0 aliphatic rings. The lowest BCUT2D eigenvalue weighted by Gasteiger charge is -2.09. The average molecular weight is 334 g/mol. The number of rotatable bonds is 3. The number of carbonyl (C=O) groups is 1. The third-order valence-corrected chi connectivity index (χ3v) is 2.78. The molecule has 0 radical (unpaired) electrons. The number of carbonyl (C=O) groups excluding carboxylic acids is 1. The van der Waals surface area contributed by atoms with Crippen molar-refractivity contribution in [2.75, 3.05) is 11.9 Å². The predicted octanol–water partition coefficient (Wildman–Crippen LogP) is 3.05. The maximum absolute atomic E-state index is 13.7. The van der Waals surface area contributed by atoms with Crippen molar-refractivity contribution in [2.45, 2.75) is 6.18 Å². The average Bonchev–Trinajstić information content (AvgIpc) is 2.77. The van der Waals surface area contributed by atoms with Crippen LogP contribution >= 0.6 is 0 Å². The third kappa shape index (κ3) is 4.41. The van der Waals surface area contributed by atoms with Crippen molar-refractivity contribution in [2.24, 2.45) is 7.05 Å². The summed E-state index contributed by atoms with van der Waals surface area (Å²) in [5.41, 5.74) is 0.0851. The minimum absolute atomic E-state index is 0.00857. The van der Waals surface area contributed by atoms with E-state index in [-0.39, 0.29) is 17.1 Å². The van der Waals surface area contributed by atoms with Crippen LogP contribution in [-0.2, 0) is 7.05 Å². The number of hydrogen-bond acceptors (Lipinski definition) is 2. The second-order valence-corrected chi connectivity index (χ2v) is 4.59. The fourth-order valence-electron chi connectivity index (χ4n) is 1.75. The van der Waals surface area contributed by atoms with Crippen molar-refractivity contribution in [3.05, 3.63) is 35.9 Å². The highest BCUT2D eigenvalue weighted by molar-refractivity contribution is 5.89. The van der Waals surface area contributed by atoms with E-state index in [1.54, 1.807) is 5.32 Å². The fourth-order valence-corrected chi connectivity index (χ4v) is 1.75. The Morgan fingerprint density at radius 3 is 2.57 bits per heavy atom. The van der Waals surface area contributed by atoms with Gasteiger partial charge in [-0.3, -0.25) is 10.00 Å². The van der Waals surface area contributed by atoms with E-state index in [1.807, 2.05) is 0 Å². The maximum atomic E-state index is 13.7. The van der Waals surface area contributed by atoms with Gasteiger partial charge in [-0.1, -0.05) is 0 Å². The number of halogens is 5. The number of aryl methyl sites for hydroxylation is 1. The highest BCUT2D eigenvalue weighted by atomic mass is 19.4. The van der Waals surface area contributed by atoms with E-state index in [0.717, 1.165) is 10.7 Å². The van der Waals surface area contributed by atoms with Crippen LogP contribution in [0, 0.1) is 11.6 Å². The zero-order chi connectivity index (χ0) is 17.2. The van der Waals surface area contributed by atoms with Gasteiger partial charge in [0.25, 0.3) is 0 Å². The molecule has 10 heteroatoms. The monoisotopic (exact) mass is 334 g/mol. The van der Waals surface area contributed by atoms with Crippen molar-refractivity contribution in [3.63, 3.8) is 0 Å². The summed E-state index contributed by atoms with van der Waals surface area (Å²) in [5, 5.41) is 7.71. The second-order valence-electron chi connectivity index (χ2n) is 4.59. The molecule has 1 aromatic heterocycles. The molecule has 0 unspecified atom stereocenters. The van der Waals surface area contributed by atoms with Crippen LogP contribution < -0.4 is 10.6 Å². The first-order chi connectivity index (χ1) is 10.7. The van der Waals surface area contributed by atoms with E-state index in [9.17, 15) is 26.7 Å². The topological polar surface area (TPSA) is 59.0 Å². The molecule has 5 nitrogen and oxygen atoms in total. The molecule has 1 aromatic carbocycles. The van der Waals surface area contributed by atoms with Gasteiger partial charge < -0.3 is 5.32 Å². The van der Waals surface area contributed by atoms with Crippen LogP contribution in [0.15, 0.2) is 24.3 Å². The second kappa shape index (κ2) is 6.23. The Balaban J connectivity index is 2.13. The smallest absolute Gasteiger partial charge is 0.329 e. The minimum Gasteiger partial charge on any atom is -0.329 e. The molecule has 23 heavy (non-hydrogen) atoms. The van der Waals surface area contributed by atoms with E-state index in [0.29, 0.717) is 6.07 Å². The molecule has 0 saturated heterocycles. The van der Waals surface area contributed by atoms with Gasteiger partial charge in [0.1, 0.15) is 24.0 Å². The summed E-state index contributed by atoms with van der Waals surface area (Å²) < 4.78 is 63.7. The Labute approximate surface area is 127 Å². The minimum atomic E-state index is -4.54. The first-order valence-corrected chi connectivity index (χ1v) is 6.27. The molecule has 2 amide bonds. The van der Waals surface area contributed by atoms with Gasteiger partial charge in [0, 0.05) is 24.7 Å². The number of nitrogens with one attached hydrogen (secondary N) is 2. The molecule has 0 bridgehead atoms. The molecule has 2 rings (SSSR count). The molecule has 0 aliphatic heterocycles. The van der Waals surface area contributed by atoms with Crippen molar-refractivity contribution in [3.8, 4) is 11.3 Å². The Morgan fingerprint density at radius 1 is 1.26 bits per heavy atom. The number of aromatic nitrogens is 2. The first-order valence-electron chi connectivity index (χ1n) is 6.27. The highest BCUT2D eigenvalue weighted by Crippen LogP contribution is 2.24. The lowest BCUT2D eigenvalue weighted by atomic mass is 10.1. The number of hydrogen-bond donors (Lipinski definition) is 2. The summed E-state index contributed by atoms with van der Waals surface area (Å²) in [4.78, 5) is 11.4. The van der Waals surface area contributed by atoms with Gasteiger partial charge in [-0.15, -0.1) is 0 Å². The standard InChI is InChI=1S/C13H11F5N4O/c1-22-11(20-12(23)19-6-13(16,17)18)5-10(21-22)8-3-2-7(14)4-9(8)15/h2-5H,6H2,1H3,(H2,19,20,23). The van der Waals surface area contributed by atoms with Crippen molar-refractivity contribution < 1.29 is 26.7 Å². The molecule has 2 aromatic rings. The molecule has 0 saturated carbocycles. The van der Waals surface area contributed by atoms with Crippen LogP contribution in [0.1, 0.15) is 0 Å². The lowest BCUT2D eigenvalue weighted by molar-refractivity contribution is -0.122. The van der Waals surface area contributed by atoms with E-state index in [1.165, 1.54) is 19.2 Å². The summed E-state index contributed by atoms with van der Waals surface area (Å²) >= 11 is 0. The molecule has 0 spiro atoms. The Hall–Kier alpha value is -2.65. The van der Waals surface area contributed by atoms with Crippen LogP contribution in [0.3, 0.4) is 0 Å². The molecule has 0 atom stereocenters. The van der Waals surface area contributed by atoms with Gasteiger partial charge in [-0.25, -0.2) is 13.6 Å². The zero-order valence-corrected chi connectivity index (χ0v) is 11.7. The summed E-state index contributed by atoms with van der Waals surface area (Å²) in [6.07, 6.45) is -4.54. The van der Waals surface area contributed by atoms with Crippen molar-refractivity contribution in [1.82, 2.24) is 15.1 Å². The summed E-state index contributed by atoms with van der Waals surface area (Å²) in [7, 11) is 1.41. The van der Waals surface area contributed by atoms with Crippen LogP contribution in [0.5, 0.6) is 0 Å². The molecule has 124 valence electrons. The molecule has 0 aliphatic carbocycles. The molecule has 1 heterocycles. The summed E-state index contributed by atoms with van der Waals surface area (Å²) in [6, 6.07) is 3.05. The molecule has 0 fully saturated rings. The largest absolute Gasteiger partial charge is 0.405 e. The van der Waals surface area contributed by atoms with Gasteiger partial charge >= 0.3 is 12.2 Å². The van der Waals surface area contributed by atoms with Gasteiger partial charge in [-0.05, 0) is 12.1 Å². The van der Waals surface area contributed by atoms with E-state index < -0.39 is 30.4 Å². The van der Waals surface area contributed by atoms with E-state index in [2.05, 4.69) is 10.4 Å². The zero-order valence-electron chi connectivity index (χ0n) is 11.7. The lowest BCUT2D eigenvalue weighted by Crippen LogP contribution is -2.37. The normalized spacial score (nSPS) is 11.4. The number of urea groups is 1. The van der Waals surface area contributed by atoms with Gasteiger partial charge in [-0.2, -0.15) is 18.3 Å². The maximum Gasteiger partial charge on any atom is 0.405 e. The third-order valence-electron chi connectivity index (χ3n) is 2.78. The van der Waals surface area contributed by atoms with E-state index >= 15 is 0 Å². The quantitative estimate of drug-likeness (QED) is 0.848. The number of nitrogens with zero attached hydrogens (tertiary/aromatic N) is 2. The Bertz CT molecular complexity index is 726. The first kappa shape index (κ1) is 16.7. The van der Waals surface area contributed by atoms with Crippen molar-refractivity contribution >= 4 is 11.8 Å². The van der Waals surface area contributed by atoms with Crippen LogP contribution in [0.2, 0.25) is 0 Å². The molecule has 2 N–H and O–H groups in total. The van der Waals surface area contributed by atoms with Gasteiger partial charge in [0.15, 0.2) is 0 Å². The van der Waals surface area contributed by atoms with E-state index in [4.69, 9.17) is 0 Å². The fraction of sp³-hybridized carbons (Fsp3) is 0.231. The van der Waals surface area contributed by atoms with Crippen LogP contribution in [0.4, 0.5) is 32.6 Å². The molecular formula is C13H11F5N4O. The summed E-state index contributed by atoms with van der Waals surface area (Å²) in [6.45, 7) is -1.49. The number of alkyl halides is 3. The number of benzene rings is 1. The highest BCUT2D eigenvalue weighted by Gasteiger charge is 2.27. The van der Waals surface area contributed by atoms with Gasteiger partial charge in [0.05, 0.1) is 5.69 Å². The predicted molar refractivity (Wildman–Crippen MR) is 71.6 cm³/mol. The molecular weight excluding hydrogens is 323 g/mol. The van der Waals surface area contributed by atoms with Crippen LogP contribution in [0.25, 0.3) is 11.3 Å². The Kier molecular flexibility index (Phi) is 4.52. The van der Waals surface area contributed by atoms with Crippen molar-refractivity contribution in [1.29, 1.82) is 0 Å². The van der Waals surface area contributed by atoms with Gasteiger partial charge in [0.2, 0.25) is 0 Å².